The Labute approximate surface area is 202 Å². The molecule has 2 aromatic rings. The zero-order valence-corrected chi connectivity index (χ0v) is 20.9. The van der Waals surface area contributed by atoms with Crippen LogP contribution in [0.15, 0.2) is 41.3 Å². The van der Waals surface area contributed by atoms with Gasteiger partial charge < -0.3 is 19.5 Å². The number of nitrogens with one attached hydrogen (secondary N) is 1. The molecule has 0 aliphatic carbocycles. The highest BCUT2D eigenvalue weighted by Gasteiger charge is 2.25. The summed E-state index contributed by atoms with van der Waals surface area (Å²) in [6, 6.07) is 9.94. The van der Waals surface area contributed by atoms with E-state index in [0.717, 1.165) is 24.8 Å². The minimum atomic E-state index is -3.48. The van der Waals surface area contributed by atoms with Gasteiger partial charge >= 0.3 is 0 Å². The van der Waals surface area contributed by atoms with Crippen molar-refractivity contribution in [1.29, 1.82) is 0 Å². The second kappa shape index (κ2) is 12.1. The van der Waals surface area contributed by atoms with E-state index in [1.54, 1.807) is 40.7 Å². The van der Waals surface area contributed by atoms with Crippen molar-refractivity contribution in [3.05, 3.63) is 47.5 Å². The van der Waals surface area contributed by atoms with Crippen molar-refractivity contribution in [3.8, 4) is 17.2 Å². The Balaban J connectivity index is 1.71. The molecule has 2 aromatic carbocycles. The number of ether oxygens (including phenoxy) is 3. The second-order valence-electron chi connectivity index (χ2n) is 7.89. The van der Waals surface area contributed by atoms with Gasteiger partial charge in [0, 0.05) is 25.2 Å². The molecule has 8 nitrogen and oxygen atoms in total. The molecule has 1 amide bonds. The van der Waals surface area contributed by atoms with Crippen LogP contribution >= 0.6 is 0 Å². The molecule has 0 radical (unpaired) electrons. The maximum Gasteiger partial charge on any atom is 0.251 e. The third-order valence-electron chi connectivity index (χ3n) is 5.50. The number of nitrogens with zero attached hydrogens (tertiary/aromatic N) is 1. The first-order valence-electron chi connectivity index (χ1n) is 11.8. The normalized spacial score (nSPS) is 14.4. The van der Waals surface area contributed by atoms with Crippen LogP contribution in [0.3, 0.4) is 0 Å². The maximum atomic E-state index is 12.9. The molecule has 1 N–H and O–H groups in total. The van der Waals surface area contributed by atoms with Gasteiger partial charge in [-0.25, -0.2) is 8.42 Å². The topological polar surface area (TPSA) is 94.2 Å². The van der Waals surface area contributed by atoms with E-state index in [4.69, 9.17) is 14.2 Å². The summed E-state index contributed by atoms with van der Waals surface area (Å²) >= 11 is 0. The number of carbonyl (C=O) groups is 1. The van der Waals surface area contributed by atoms with Crippen molar-refractivity contribution in [2.45, 2.75) is 51.5 Å². The van der Waals surface area contributed by atoms with Gasteiger partial charge in [0.05, 0.1) is 24.7 Å². The lowest BCUT2D eigenvalue weighted by atomic mass is 10.1. The Bertz CT molecular complexity index is 1040. The minimum absolute atomic E-state index is 0.254. The number of carbonyl (C=O) groups excluding carboxylic acids is 1. The quantitative estimate of drug-likeness (QED) is 0.512. The van der Waals surface area contributed by atoms with Crippen molar-refractivity contribution in [3.63, 3.8) is 0 Å². The predicted molar refractivity (Wildman–Crippen MR) is 130 cm³/mol. The van der Waals surface area contributed by atoms with Crippen LogP contribution in [0.5, 0.6) is 17.2 Å². The molecule has 0 unspecified atom stereocenters. The average molecular weight is 491 g/mol. The van der Waals surface area contributed by atoms with Gasteiger partial charge in [-0.05, 0) is 63.4 Å². The number of piperidine rings is 1. The number of benzene rings is 2. The van der Waals surface area contributed by atoms with Crippen LogP contribution in [0.4, 0.5) is 0 Å². The van der Waals surface area contributed by atoms with E-state index in [1.807, 2.05) is 20.8 Å². The fourth-order valence-electron chi connectivity index (χ4n) is 3.84. The summed E-state index contributed by atoms with van der Waals surface area (Å²) in [4.78, 5) is 13.1. The molecular weight excluding hydrogens is 456 g/mol. The Kier molecular flexibility index (Phi) is 9.18. The monoisotopic (exact) mass is 490 g/mol. The van der Waals surface area contributed by atoms with Gasteiger partial charge in [0.15, 0.2) is 11.5 Å². The van der Waals surface area contributed by atoms with Gasteiger partial charge in [-0.1, -0.05) is 18.6 Å². The lowest BCUT2D eigenvalue weighted by Gasteiger charge is -2.25. The van der Waals surface area contributed by atoms with E-state index in [9.17, 15) is 13.2 Å². The first-order valence-corrected chi connectivity index (χ1v) is 13.3. The van der Waals surface area contributed by atoms with Crippen LogP contribution in [-0.4, -0.2) is 51.5 Å². The summed E-state index contributed by atoms with van der Waals surface area (Å²) in [6.45, 7) is 8.25. The van der Waals surface area contributed by atoms with Crippen molar-refractivity contribution in [2.24, 2.45) is 0 Å². The summed E-state index contributed by atoms with van der Waals surface area (Å²) in [5.41, 5.74) is 1.19. The fourth-order valence-corrected chi connectivity index (χ4v) is 5.35. The lowest BCUT2D eigenvalue weighted by Crippen LogP contribution is -2.35. The molecule has 186 valence electrons. The molecule has 0 aromatic heterocycles. The lowest BCUT2D eigenvalue weighted by molar-refractivity contribution is 0.0949. The first kappa shape index (κ1) is 25.8. The van der Waals surface area contributed by atoms with Crippen LogP contribution in [0.2, 0.25) is 0 Å². The maximum absolute atomic E-state index is 12.9. The predicted octanol–water partition coefficient (Wildman–Crippen LogP) is 3.99. The third-order valence-corrected chi connectivity index (χ3v) is 7.41. The Morgan fingerprint density at radius 1 is 0.882 bits per heavy atom. The van der Waals surface area contributed by atoms with Gasteiger partial charge in [-0.3, -0.25) is 4.79 Å². The summed E-state index contributed by atoms with van der Waals surface area (Å²) in [5.74, 6) is 1.09. The van der Waals surface area contributed by atoms with E-state index >= 15 is 0 Å². The van der Waals surface area contributed by atoms with Gasteiger partial charge in [0.25, 0.3) is 5.91 Å². The van der Waals surface area contributed by atoms with Crippen LogP contribution in [0.25, 0.3) is 0 Å². The molecule has 34 heavy (non-hydrogen) atoms. The number of sulfonamides is 1. The molecular formula is C25H34N2O6S. The molecule has 1 fully saturated rings. The van der Waals surface area contributed by atoms with Gasteiger partial charge in [-0.15, -0.1) is 0 Å². The number of rotatable bonds is 11. The molecule has 0 bridgehead atoms. The zero-order valence-electron chi connectivity index (χ0n) is 20.1. The molecule has 3 rings (SSSR count). The van der Waals surface area contributed by atoms with Crippen molar-refractivity contribution < 1.29 is 27.4 Å². The summed E-state index contributed by atoms with van der Waals surface area (Å²) in [5, 5.41) is 2.88. The van der Waals surface area contributed by atoms with Crippen LogP contribution in [-0.2, 0) is 16.6 Å². The second-order valence-corrected chi connectivity index (χ2v) is 9.83. The van der Waals surface area contributed by atoms with E-state index in [2.05, 4.69) is 5.32 Å². The number of hydrogen-bond donors (Lipinski definition) is 1. The highest BCUT2D eigenvalue weighted by Crippen LogP contribution is 2.39. The molecule has 1 saturated heterocycles. The fraction of sp³-hybridized carbons (Fsp3) is 0.480. The summed E-state index contributed by atoms with van der Waals surface area (Å²) in [7, 11) is -3.48. The highest BCUT2D eigenvalue weighted by molar-refractivity contribution is 7.89. The first-order chi connectivity index (χ1) is 16.4. The SMILES string of the molecule is CCOc1cc(C(=O)NCc2ccc(S(=O)(=O)N3CCCCC3)cc2)cc(OCC)c1OCC. The van der Waals surface area contributed by atoms with Crippen molar-refractivity contribution in [1.82, 2.24) is 9.62 Å². The smallest absolute Gasteiger partial charge is 0.251 e. The van der Waals surface area contributed by atoms with Crippen molar-refractivity contribution >= 4 is 15.9 Å². The molecule has 1 heterocycles. The van der Waals surface area contributed by atoms with Crippen LogP contribution < -0.4 is 19.5 Å². The van der Waals surface area contributed by atoms with E-state index in [1.165, 1.54) is 0 Å². The zero-order chi connectivity index (χ0) is 24.6. The number of hydrogen-bond acceptors (Lipinski definition) is 6. The van der Waals surface area contributed by atoms with Gasteiger partial charge in [0.1, 0.15) is 0 Å². The largest absolute Gasteiger partial charge is 0.490 e. The van der Waals surface area contributed by atoms with Crippen LogP contribution in [0, 0.1) is 0 Å². The molecule has 1 aliphatic heterocycles. The number of amides is 1. The minimum Gasteiger partial charge on any atom is -0.490 e. The molecule has 0 atom stereocenters. The Morgan fingerprint density at radius 3 is 1.97 bits per heavy atom. The van der Waals surface area contributed by atoms with Crippen molar-refractivity contribution in [2.75, 3.05) is 32.9 Å². The Morgan fingerprint density at radius 2 is 1.44 bits per heavy atom. The van der Waals surface area contributed by atoms with E-state index in [-0.39, 0.29) is 17.3 Å². The molecule has 9 heteroatoms. The molecule has 0 saturated carbocycles. The highest BCUT2D eigenvalue weighted by atomic mass is 32.2. The van der Waals surface area contributed by atoms with Gasteiger partial charge in [-0.2, -0.15) is 4.31 Å². The Hall–Kier alpha value is -2.78. The van der Waals surface area contributed by atoms with E-state index < -0.39 is 10.0 Å². The summed E-state index contributed by atoms with van der Waals surface area (Å²) < 4.78 is 44.2. The summed E-state index contributed by atoms with van der Waals surface area (Å²) in [6.07, 6.45) is 2.85. The van der Waals surface area contributed by atoms with E-state index in [0.29, 0.717) is 55.7 Å². The molecule has 1 aliphatic rings. The standard InChI is InChI=1S/C25H34N2O6S/c1-4-31-22-16-20(17-23(32-5-2)24(22)33-6-3)25(28)26-18-19-10-12-21(13-11-19)34(29,30)27-14-8-7-9-15-27/h10-13,16-17H,4-9,14-15,18H2,1-3H3,(H,26,28). The van der Waals surface area contributed by atoms with Gasteiger partial charge in [0.2, 0.25) is 15.8 Å². The molecule has 0 spiro atoms. The van der Waals surface area contributed by atoms with Crippen LogP contribution in [0.1, 0.15) is 56.0 Å². The third kappa shape index (κ3) is 6.21. The average Bonchev–Trinajstić information content (AvgIpc) is 2.85.